The van der Waals surface area contributed by atoms with Gasteiger partial charge in [0.25, 0.3) is 0 Å². The molecule has 0 amide bonds. The van der Waals surface area contributed by atoms with Crippen LogP contribution in [0.2, 0.25) is 5.15 Å². The number of halogens is 1. The van der Waals surface area contributed by atoms with Crippen LogP contribution in [0.15, 0.2) is 18.7 Å². The van der Waals surface area contributed by atoms with E-state index in [0.717, 1.165) is 44.4 Å². The quantitative estimate of drug-likeness (QED) is 0.812. The van der Waals surface area contributed by atoms with E-state index in [-0.39, 0.29) is 0 Å². The minimum Gasteiger partial charge on any atom is -0.348 e. The van der Waals surface area contributed by atoms with Crippen LogP contribution in [0.1, 0.15) is 30.6 Å². The van der Waals surface area contributed by atoms with Gasteiger partial charge in [-0.05, 0) is 38.1 Å². The fourth-order valence-corrected chi connectivity index (χ4v) is 5.15. The fourth-order valence-electron chi connectivity index (χ4n) is 3.80. The molecule has 5 nitrogen and oxygen atoms in total. The maximum absolute atomic E-state index is 6.43. The molecule has 0 unspecified atom stereocenters. The van der Waals surface area contributed by atoms with Gasteiger partial charge in [0.15, 0.2) is 5.13 Å². The lowest BCUT2D eigenvalue weighted by Gasteiger charge is -2.32. The highest BCUT2D eigenvalue weighted by molar-refractivity contribution is 7.16. The number of aromatic nitrogens is 3. The Hall–Kier alpha value is -1.11. The first-order valence-electron chi connectivity index (χ1n) is 8.86. The molecule has 2 aliphatic heterocycles. The Balaban J connectivity index is 1.37. The first kappa shape index (κ1) is 16.4. The standard InChI is InChI=1S/C17H24ClN5S/c18-16-15(24-17(20-16)23-7-1-2-8-23)12-21-6-3-4-14(10-21)11-22-9-5-19-13-22/h5,9,13-14H,1-4,6-8,10-12H2/t14-/m1/s1. The van der Waals surface area contributed by atoms with Crippen molar-refractivity contribution in [2.45, 2.75) is 38.8 Å². The summed E-state index contributed by atoms with van der Waals surface area (Å²) in [4.78, 5) is 14.9. The minimum absolute atomic E-state index is 0.692. The van der Waals surface area contributed by atoms with Crippen molar-refractivity contribution in [2.24, 2.45) is 5.92 Å². The van der Waals surface area contributed by atoms with Gasteiger partial charge in [-0.1, -0.05) is 22.9 Å². The highest BCUT2D eigenvalue weighted by atomic mass is 35.5. The van der Waals surface area contributed by atoms with Gasteiger partial charge in [-0.3, -0.25) is 4.90 Å². The number of rotatable bonds is 5. The number of hydrogen-bond acceptors (Lipinski definition) is 5. The molecule has 0 radical (unpaired) electrons. The molecule has 4 heterocycles. The van der Waals surface area contributed by atoms with Crippen LogP contribution < -0.4 is 4.90 Å². The van der Waals surface area contributed by atoms with Gasteiger partial charge >= 0.3 is 0 Å². The molecule has 0 bridgehead atoms. The van der Waals surface area contributed by atoms with Crippen LogP contribution in [0, 0.1) is 5.92 Å². The summed E-state index contributed by atoms with van der Waals surface area (Å²) < 4.78 is 2.19. The Bertz CT molecular complexity index is 650. The first-order chi connectivity index (χ1) is 11.8. The number of hydrogen-bond donors (Lipinski definition) is 0. The van der Waals surface area contributed by atoms with Crippen molar-refractivity contribution in [3.63, 3.8) is 0 Å². The molecule has 2 aromatic rings. The summed E-state index contributed by atoms with van der Waals surface area (Å²) in [6, 6.07) is 0. The zero-order valence-corrected chi connectivity index (χ0v) is 15.5. The molecule has 4 rings (SSSR count). The number of piperidine rings is 1. The lowest BCUT2D eigenvalue weighted by molar-refractivity contribution is 0.157. The molecule has 2 saturated heterocycles. The van der Waals surface area contributed by atoms with Crippen molar-refractivity contribution in [2.75, 3.05) is 31.1 Å². The third-order valence-electron chi connectivity index (χ3n) is 5.01. The van der Waals surface area contributed by atoms with Crippen molar-refractivity contribution in [1.82, 2.24) is 19.4 Å². The van der Waals surface area contributed by atoms with E-state index in [1.54, 1.807) is 11.3 Å². The summed E-state index contributed by atoms with van der Waals surface area (Å²) in [6.07, 6.45) is 10.9. The summed E-state index contributed by atoms with van der Waals surface area (Å²) in [6.45, 7) is 6.54. The predicted octanol–water partition coefficient (Wildman–Crippen LogP) is 3.51. The van der Waals surface area contributed by atoms with E-state index in [4.69, 9.17) is 11.6 Å². The molecule has 2 fully saturated rings. The van der Waals surface area contributed by atoms with Crippen molar-refractivity contribution in [3.05, 3.63) is 28.8 Å². The van der Waals surface area contributed by atoms with Gasteiger partial charge in [0.1, 0.15) is 5.15 Å². The monoisotopic (exact) mass is 365 g/mol. The molecule has 0 N–H and O–H groups in total. The van der Waals surface area contributed by atoms with E-state index in [1.807, 2.05) is 12.5 Å². The Morgan fingerprint density at radius 3 is 2.88 bits per heavy atom. The summed E-state index contributed by atoms with van der Waals surface area (Å²) in [5.41, 5.74) is 0. The fraction of sp³-hybridized carbons (Fsp3) is 0.647. The topological polar surface area (TPSA) is 37.2 Å². The number of likely N-dealkylation sites (tertiary alicyclic amines) is 1. The second-order valence-electron chi connectivity index (χ2n) is 6.91. The second-order valence-corrected chi connectivity index (χ2v) is 8.33. The summed E-state index contributed by atoms with van der Waals surface area (Å²) >= 11 is 8.21. The molecule has 7 heteroatoms. The summed E-state index contributed by atoms with van der Waals surface area (Å²) in [5, 5.41) is 1.82. The third-order valence-corrected chi connectivity index (χ3v) is 6.54. The SMILES string of the molecule is Clc1nc(N2CCCC2)sc1CN1CCC[C@@H](Cn2ccnc2)C1. The lowest BCUT2D eigenvalue weighted by Crippen LogP contribution is -2.36. The zero-order valence-electron chi connectivity index (χ0n) is 13.9. The first-order valence-corrected chi connectivity index (χ1v) is 10.1. The van der Waals surface area contributed by atoms with E-state index in [1.165, 1.54) is 30.6 Å². The van der Waals surface area contributed by atoms with Crippen molar-refractivity contribution >= 4 is 28.1 Å². The van der Waals surface area contributed by atoms with E-state index >= 15 is 0 Å². The molecule has 0 saturated carbocycles. The lowest BCUT2D eigenvalue weighted by atomic mass is 9.98. The molecule has 24 heavy (non-hydrogen) atoms. The minimum atomic E-state index is 0.692. The van der Waals surface area contributed by atoms with Gasteiger partial charge in [0.05, 0.1) is 11.2 Å². The molecule has 0 aromatic carbocycles. The average Bonchev–Trinajstić information content (AvgIpc) is 3.31. The smallest absolute Gasteiger partial charge is 0.187 e. The Morgan fingerprint density at radius 2 is 2.08 bits per heavy atom. The van der Waals surface area contributed by atoms with E-state index < -0.39 is 0 Å². The van der Waals surface area contributed by atoms with Gasteiger partial charge in [0, 0.05) is 45.1 Å². The number of nitrogens with zero attached hydrogens (tertiary/aromatic N) is 5. The zero-order chi connectivity index (χ0) is 16.4. The van der Waals surface area contributed by atoms with Crippen LogP contribution in [0.4, 0.5) is 5.13 Å². The maximum Gasteiger partial charge on any atom is 0.187 e. The molecule has 1 atom stereocenters. The predicted molar refractivity (Wildman–Crippen MR) is 98.8 cm³/mol. The Kier molecular flexibility index (Phi) is 5.06. The van der Waals surface area contributed by atoms with Gasteiger partial charge in [-0.25, -0.2) is 9.97 Å². The molecule has 2 aromatic heterocycles. The highest BCUT2D eigenvalue weighted by Crippen LogP contribution is 2.33. The molecular weight excluding hydrogens is 342 g/mol. The molecule has 0 spiro atoms. The van der Waals surface area contributed by atoms with Crippen molar-refractivity contribution in [3.8, 4) is 0 Å². The second kappa shape index (κ2) is 7.42. The summed E-state index contributed by atoms with van der Waals surface area (Å²) in [5.74, 6) is 0.692. The molecule has 0 aliphatic carbocycles. The maximum atomic E-state index is 6.43. The normalized spacial score (nSPS) is 22.4. The Morgan fingerprint density at radius 1 is 1.21 bits per heavy atom. The van der Waals surface area contributed by atoms with Crippen LogP contribution in [-0.2, 0) is 13.1 Å². The number of imidazole rings is 1. The van der Waals surface area contributed by atoms with Crippen molar-refractivity contribution in [1.29, 1.82) is 0 Å². The number of thiazole rings is 1. The highest BCUT2D eigenvalue weighted by Gasteiger charge is 2.23. The molecule has 2 aliphatic rings. The van der Waals surface area contributed by atoms with E-state index in [2.05, 4.69) is 30.5 Å². The molecule has 130 valence electrons. The van der Waals surface area contributed by atoms with Crippen LogP contribution >= 0.6 is 22.9 Å². The van der Waals surface area contributed by atoms with Crippen LogP contribution in [0.3, 0.4) is 0 Å². The van der Waals surface area contributed by atoms with Crippen LogP contribution in [0.5, 0.6) is 0 Å². The summed E-state index contributed by atoms with van der Waals surface area (Å²) in [7, 11) is 0. The number of anilines is 1. The van der Waals surface area contributed by atoms with Gasteiger partial charge in [-0.2, -0.15) is 0 Å². The third kappa shape index (κ3) is 3.76. The van der Waals surface area contributed by atoms with Crippen LogP contribution in [0.25, 0.3) is 0 Å². The Labute approximate surface area is 152 Å². The van der Waals surface area contributed by atoms with E-state index in [0.29, 0.717) is 11.1 Å². The van der Waals surface area contributed by atoms with E-state index in [9.17, 15) is 0 Å². The van der Waals surface area contributed by atoms with Crippen molar-refractivity contribution < 1.29 is 0 Å². The van der Waals surface area contributed by atoms with Crippen LogP contribution in [-0.4, -0.2) is 45.6 Å². The van der Waals surface area contributed by atoms with Gasteiger partial charge in [0.2, 0.25) is 0 Å². The average molecular weight is 366 g/mol. The molecular formula is C17H24ClN5S. The van der Waals surface area contributed by atoms with Gasteiger partial charge < -0.3 is 9.47 Å². The van der Waals surface area contributed by atoms with Gasteiger partial charge in [-0.15, -0.1) is 0 Å². The largest absolute Gasteiger partial charge is 0.348 e.